The third kappa shape index (κ3) is 6.10. The number of hydrogen-bond donors (Lipinski definition) is 1. The molecule has 11 nitrogen and oxygen atoms in total. The zero-order valence-electron chi connectivity index (χ0n) is 23.1. The lowest BCUT2D eigenvalue weighted by Crippen LogP contribution is -2.22. The summed E-state index contributed by atoms with van der Waals surface area (Å²) in [6.07, 6.45) is 4.80. The van der Waals surface area contributed by atoms with Gasteiger partial charge in [0, 0.05) is 69.1 Å². The van der Waals surface area contributed by atoms with Gasteiger partial charge in [-0.15, -0.1) is 0 Å². The van der Waals surface area contributed by atoms with Crippen LogP contribution in [0.25, 0.3) is 11.2 Å². The second kappa shape index (κ2) is 11.1. The predicted molar refractivity (Wildman–Crippen MR) is 147 cm³/mol. The molecule has 0 unspecified atom stereocenters. The van der Waals surface area contributed by atoms with E-state index in [1.54, 1.807) is 31.6 Å². The van der Waals surface area contributed by atoms with Gasteiger partial charge in [-0.2, -0.15) is 10.1 Å². The Morgan fingerprint density at radius 3 is 2.79 bits per heavy atom. The van der Waals surface area contributed by atoms with Crippen LogP contribution in [0.3, 0.4) is 0 Å². The summed E-state index contributed by atoms with van der Waals surface area (Å²) in [7, 11) is 3.50. The number of imidazole rings is 1. The Bertz CT molecular complexity index is 1460. The number of aromatic nitrogens is 6. The van der Waals surface area contributed by atoms with Gasteiger partial charge in [0.25, 0.3) is 0 Å². The minimum absolute atomic E-state index is 0.0653. The van der Waals surface area contributed by atoms with Crippen LogP contribution in [0.5, 0.6) is 11.5 Å². The van der Waals surface area contributed by atoms with E-state index in [1.807, 2.05) is 17.7 Å². The van der Waals surface area contributed by atoms with Crippen molar-refractivity contribution in [3.8, 4) is 11.5 Å². The molecular weight excluding hydrogens is 498 g/mol. The maximum absolute atomic E-state index is 12.1. The maximum atomic E-state index is 12.1. The Morgan fingerprint density at radius 2 is 2.05 bits per heavy atom. The normalized spacial score (nSPS) is 15.7. The zero-order chi connectivity index (χ0) is 27.6. The van der Waals surface area contributed by atoms with E-state index >= 15 is 0 Å². The molecule has 0 spiro atoms. The number of carbonyl (C=O) groups excluding carboxylic acids is 1. The van der Waals surface area contributed by atoms with E-state index < -0.39 is 0 Å². The van der Waals surface area contributed by atoms with E-state index in [0.29, 0.717) is 48.4 Å². The molecule has 1 aliphatic heterocycles. The van der Waals surface area contributed by atoms with Gasteiger partial charge in [0.05, 0.1) is 36.7 Å². The average Bonchev–Trinajstić information content (AvgIpc) is 3.63. The predicted octanol–water partition coefficient (Wildman–Crippen LogP) is 4.50. The molecule has 1 atom stereocenters. The average molecular weight is 534 g/mol. The van der Waals surface area contributed by atoms with E-state index in [9.17, 15) is 4.79 Å². The van der Waals surface area contributed by atoms with Crippen molar-refractivity contribution in [2.45, 2.75) is 51.5 Å². The Labute approximate surface area is 227 Å². The number of hydrogen-bond acceptors (Lipinski definition) is 9. The summed E-state index contributed by atoms with van der Waals surface area (Å²) in [5.74, 6) is 2.56. The van der Waals surface area contributed by atoms with E-state index in [-0.39, 0.29) is 23.7 Å². The fraction of sp³-hybridized carbons (Fsp3) is 0.464. The van der Waals surface area contributed by atoms with Gasteiger partial charge in [-0.1, -0.05) is 20.8 Å². The van der Waals surface area contributed by atoms with Crippen LogP contribution in [0.1, 0.15) is 51.0 Å². The lowest BCUT2D eigenvalue weighted by Gasteiger charge is -2.22. The topological polar surface area (TPSA) is 118 Å². The van der Waals surface area contributed by atoms with Crippen LogP contribution in [0, 0.1) is 0 Å². The number of pyridine rings is 2. The number of carbonyl (C=O) groups is 1. The highest BCUT2D eigenvalue weighted by Gasteiger charge is 2.28. The van der Waals surface area contributed by atoms with E-state index in [0.717, 1.165) is 30.1 Å². The maximum Gasteiger partial charge on any atom is 0.210 e. The van der Waals surface area contributed by atoms with E-state index in [1.165, 1.54) is 0 Å². The van der Waals surface area contributed by atoms with Crippen molar-refractivity contribution < 1.29 is 19.0 Å². The first-order valence-corrected chi connectivity index (χ1v) is 13.1. The molecule has 1 N–H and O–H groups in total. The van der Waals surface area contributed by atoms with E-state index in [4.69, 9.17) is 19.3 Å². The molecule has 5 rings (SSSR count). The number of fused-ring (bicyclic) bond motifs is 1. The first-order valence-electron chi connectivity index (χ1n) is 13.1. The summed E-state index contributed by atoms with van der Waals surface area (Å²) in [4.78, 5) is 25.6. The molecule has 0 bridgehead atoms. The second-order valence-corrected chi connectivity index (χ2v) is 10.8. The van der Waals surface area contributed by atoms with Crippen molar-refractivity contribution in [2.75, 3.05) is 32.2 Å². The molecule has 0 saturated carbocycles. The largest absolute Gasteiger partial charge is 0.456 e. The molecule has 0 aromatic carbocycles. The highest BCUT2D eigenvalue weighted by Crippen LogP contribution is 2.32. The highest BCUT2D eigenvalue weighted by atomic mass is 16.5. The molecule has 4 aromatic rings. The van der Waals surface area contributed by atoms with Crippen molar-refractivity contribution in [1.29, 1.82) is 0 Å². The molecule has 0 aliphatic carbocycles. The molecule has 4 aromatic heterocycles. The number of Topliss-reactive ketones (excluding diaryl/α,β-unsaturated/α-hetero) is 1. The molecule has 0 radical (unpaired) electrons. The number of aryl methyl sites for hydroxylation is 1. The second-order valence-electron chi connectivity index (χ2n) is 10.8. The SMILES string of the molecule is COCCC(=O)Cc1cc(Oc2cnc3nc(Nc4cc(C(C)(C)C)n([C@H]5CCOC5)n4)n(C)c3c2)ccn1. The number of rotatable bonds is 10. The first-order chi connectivity index (χ1) is 18.7. The molecule has 1 aliphatic rings. The lowest BCUT2D eigenvalue weighted by atomic mass is 9.91. The summed E-state index contributed by atoms with van der Waals surface area (Å²) in [6.45, 7) is 8.39. The van der Waals surface area contributed by atoms with Crippen molar-refractivity contribution in [3.63, 3.8) is 0 Å². The Hall–Kier alpha value is -3.83. The molecule has 206 valence electrons. The monoisotopic (exact) mass is 533 g/mol. The fourth-order valence-electron chi connectivity index (χ4n) is 4.60. The van der Waals surface area contributed by atoms with Crippen LogP contribution in [0.15, 0.2) is 36.7 Å². The molecule has 11 heteroatoms. The van der Waals surface area contributed by atoms with Gasteiger partial charge in [0.2, 0.25) is 5.95 Å². The number of nitrogens with one attached hydrogen (secondary N) is 1. The third-order valence-corrected chi connectivity index (χ3v) is 6.70. The number of ketones is 1. The first kappa shape index (κ1) is 26.8. The fourth-order valence-corrected chi connectivity index (χ4v) is 4.60. The molecule has 0 amide bonds. The minimum atomic E-state index is -0.0697. The Balaban J connectivity index is 1.34. The van der Waals surface area contributed by atoms with Crippen molar-refractivity contribution in [1.82, 2.24) is 29.3 Å². The van der Waals surface area contributed by atoms with Crippen LogP contribution < -0.4 is 10.1 Å². The number of nitrogens with zero attached hydrogens (tertiary/aromatic N) is 6. The van der Waals surface area contributed by atoms with Crippen LogP contribution in [-0.4, -0.2) is 62.0 Å². The van der Waals surface area contributed by atoms with Gasteiger partial charge in [-0.25, -0.2) is 4.98 Å². The van der Waals surface area contributed by atoms with Crippen molar-refractivity contribution in [2.24, 2.45) is 7.05 Å². The van der Waals surface area contributed by atoms with Gasteiger partial charge in [-0.05, 0) is 12.5 Å². The lowest BCUT2D eigenvalue weighted by molar-refractivity contribution is -0.119. The molecular formula is C28H35N7O4. The third-order valence-electron chi connectivity index (χ3n) is 6.70. The Kier molecular flexibility index (Phi) is 7.62. The number of anilines is 2. The standard InChI is InChI=1S/C28H35N7O4/c1-28(2,3)24-15-25(33-35(24)19-7-11-38-17-19)31-27-32-26-23(34(27)4)14-22(16-30-26)39-21-6-9-29-18(13-21)12-20(36)8-10-37-5/h6,9,13-16,19H,7-8,10-12,17H2,1-5H3,(H,30,31,32,33)/t19-/m0/s1. The molecule has 5 heterocycles. The molecule has 1 fully saturated rings. The smallest absolute Gasteiger partial charge is 0.210 e. The summed E-state index contributed by atoms with van der Waals surface area (Å²) in [5, 5.41) is 8.25. The Morgan fingerprint density at radius 1 is 1.21 bits per heavy atom. The summed E-state index contributed by atoms with van der Waals surface area (Å²) in [5.41, 5.74) is 3.11. The van der Waals surface area contributed by atoms with Crippen molar-refractivity contribution >= 4 is 28.7 Å². The minimum Gasteiger partial charge on any atom is -0.456 e. The van der Waals surface area contributed by atoms with Gasteiger partial charge in [0.15, 0.2) is 11.5 Å². The number of methoxy groups -OCH3 is 1. The summed E-state index contributed by atoms with van der Waals surface area (Å²) < 4.78 is 20.7. The quantitative estimate of drug-likeness (QED) is 0.314. The van der Waals surface area contributed by atoms with Crippen LogP contribution >= 0.6 is 0 Å². The molecule has 1 saturated heterocycles. The van der Waals surface area contributed by atoms with Crippen LogP contribution in [-0.2, 0) is 33.2 Å². The van der Waals surface area contributed by atoms with Gasteiger partial charge < -0.3 is 24.1 Å². The van der Waals surface area contributed by atoms with E-state index in [2.05, 4.69) is 51.8 Å². The van der Waals surface area contributed by atoms with Crippen LogP contribution in [0.2, 0.25) is 0 Å². The van der Waals surface area contributed by atoms with Gasteiger partial charge in [-0.3, -0.25) is 14.5 Å². The summed E-state index contributed by atoms with van der Waals surface area (Å²) in [6, 6.07) is 7.72. The number of ether oxygens (including phenoxy) is 3. The van der Waals surface area contributed by atoms with Crippen molar-refractivity contribution in [3.05, 3.63) is 48.0 Å². The summed E-state index contributed by atoms with van der Waals surface area (Å²) >= 11 is 0. The van der Waals surface area contributed by atoms with Gasteiger partial charge >= 0.3 is 0 Å². The van der Waals surface area contributed by atoms with Gasteiger partial charge in [0.1, 0.15) is 17.3 Å². The highest BCUT2D eigenvalue weighted by molar-refractivity contribution is 5.80. The zero-order valence-corrected chi connectivity index (χ0v) is 23.1. The molecule has 39 heavy (non-hydrogen) atoms. The van der Waals surface area contributed by atoms with Crippen LogP contribution in [0.4, 0.5) is 11.8 Å².